The van der Waals surface area contributed by atoms with Gasteiger partial charge in [-0.15, -0.1) is 0 Å². The molecule has 0 bridgehead atoms. The van der Waals surface area contributed by atoms with Crippen LogP contribution in [0.5, 0.6) is 0 Å². The van der Waals surface area contributed by atoms with Crippen molar-refractivity contribution < 1.29 is 9.47 Å². The minimum atomic E-state index is -0.479. The number of rotatable bonds is 6. The molecule has 1 aliphatic rings. The van der Waals surface area contributed by atoms with Crippen LogP contribution < -0.4 is 0 Å². The molecule has 0 unspecified atom stereocenters. The Kier molecular flexibility index (Phi) is 5.21. The van der Waals surface area contributed by atoms with Crippen LogP contribution in [-0.4, -0.2) is 13.2 Å². The van der Waals surface area contributed by atoms with Crippen molar-refractivity contribution in [2.75, 3.05) is 13.2 Å². The predicted molar refractivity (Wildman–Crippen MR) is 73.4 cm³/mol. The van der Waals surface area contributed by atoms with Gasteiger partial charge in [0.2, 0.25) is 0 Å². The summed E-state index contributed by atoms with van der Waals surface area (Å²) < 4.78 is 12.0. The first kappa shape index (κ1) is 13.6. The van der Waals surface area contributed by atoms with E-state index in [0.29, 0.717) is 0 Å². The van der Waals surface area contributed by atoms with Crippen molar-refractivity contribution in [3.05, 3.63) is 35.9 Å². The van der Waals surface area contributed by atoms with Crippen LogP contribution in [0.15, 0.2) is 30.3 Å². The number of ether oxygens (including phenoxy) is 2. The van der Waals surface area contributed by atoms with E-state index in [2.05, 4.69) is 31.2 Å². The van der Waals surface area contributed by atoms with Gasteiger partial charge in [-0.05, 0) is 12.8 Å². The molecule has 0 spiro atoms. The predicted octanol–water partition coefficient (Wildman–Crippen LogP) is 4.25. The highest BCUT2D eigenvalue weighted by Gasteiger charge is 2.35. The number of hydrogen-bond donors (Lipinski definition) is 0. The van der Waals surface area contributed by atoms with Gasteiger partial charge in [0, 0.05) is 12.0 Å². The lowest BCUT2D eigenvalue weighted by Crippen LogP contribution is -2.38. The molecule has 2 nitrogen and oxygen atoms in total. The molecule has 0 radical (unpaired) electrons. The normalized spacial score (nSPS) is 18.7. The maximum absolute atomic E-state index is 6.01. The van der Waals surface area contributed by atoms with Gasteiger partial charge in [0.25, 0.3) is 0 Å². The second kappa shape index (κ2) is 6.91. The number of hydrogen-bond acceptors (Lipinski definition) is 2. The fraction of sp³-hybridized carbons (Fsp3) is 0.625. The summed E-state index contributed by atoms with van der Waals surface area (Å²) >= 11 is 0. The highest BCUT2D eigenvalue weighted by Crippen LogP contribution is 2.35. The molecule has 100 valence electrons. The van der Waals surface area contributed by atoms with Crippen molar-refractivity contribution in [1.29, 1.82) is 0 Å². The topological polar surface area (TPSA) is 18.5 Å². The summed E-state index contributed by atoms with van der Waals surface area (Å²) in [5.74, 6) is -0.479. The van der Waals surface area contributed by atoms with E-state index >= 15 is 0 Å². The summed E-state index contributed by atoms with van der Waals surface area (Å²) in [6.07, 6.45) is 6.96. The van der Waals surface area contributed by atoms with Gasteiger partial charge in [-0.2, -0.15) is 0 Å². The molecule has 1 fully saturated rings. The van der Waals surface area contributed by atoms with Gasteiger partial charge in [-0.25, -0.2) is 0 Å². The van der Waals surface area contributed by atoms with Crippen molar-refractivity contribution >= 4 is 0 Å². The largest absolute Gasteiger partial charge is 0.346 e. The SMILES string of the molecule is CCCCCCC1(c2ccccc2)OCCCO1. The average molecular weight is 248 g/mol. The van der Waals surface area contributed by atoms with Gasteiger partial charge in [-0.3, -0.25) is 0 Å². The Morgan fingerprint density at radius 3 is 2.39 bits per heavy atom. The minimum absolute atomic E-state index is 0.479. The molecule has 0 aliphatic carbocycles. The Balaban J connectivity index is 2.03. The highest BCUT2D eigenvalue weighted by atomic mass is 16.7. The first-order valence-electron chi connectivity index (χ1n) is 7.21. The lowest BCUT2D eigenvalue weighted by Gasteiger charge is -2.37. The van der Waals surface area contributed by atoms with E-state index in [1.165, 1.54) is 31.2 Å². The second-order valence-corrected chi connectivity index (χ2v) is 4.98. The van der Waals surface area contributed by atoms with Crippen LogP contribution >= 0.6 is 0 Å². The van der Waals surface area contributed by atoms with E-state index in [1.54, 1.807) is 0 Å². The van der Waals surface area contributed by atoms with Crippen molar-refractivity contribution in [1.82, 2.24) is 0 Å². The molecule has 1 aromatic carbocycles. The van der Waals surface area contributed by atoms with Gasteiger partial charge in [0.1, 0.15) is 0 Å². The zero-order valence-corrected chi connectivity index (χ0v) is 11.4. The first-order valence-corrected chi connectivity index (χ1v) is 7.21. The quantitative estimate of drug-likeness (QED) is 0.701. The van der Waals surface area contributed by atoms with Crippen LogP contribution in [0.1, 0.15) is 51.0 Å². The lowest BCUT2D eigenvalue weighted by atomic mass is 9.97. The van der Waals surface area contributed by atoms with Crippen LogP contribution in [0.2, 0.25) is 0 Å². The molecule has 1 heterocycles. The minimum Gasteiger partial charge on any atom is -0.346 e. The van der Waals surface area contributed by atoms with Crippen LogP contribution in [0.4, 0.5) is 0 Å². The summed E-state index contributed by atoms with van der Waals surface area (Å²) in [6.45, 7) is 3.85. The molecule has 0 N–H and O–H groups in total. The zero-order valence-electron chi connectivity index (χ0n) is 11.4. The maximum atomic E-state index is 6.01. The second-order valence-electron chi connectivity index (χ2n) is 4.98. The first-order chi connectivity index (χ1) is 8.87. The lowest BCUT2D eigenvalue weighted by molar-refractivity contribution is -0.280. The van der Waals surface area contributed by atoms with E-state index in [9.17, 15) is 0 Å². The molecule has 2 heteroatoms. The van der Waals surface area contributed by atoms with Crippen LogP contribution in [0.3, 0.4) is 0 Å². The van der Waals surface area contributed by atoms with Gasteiger partial charge >= 0.3 is 0 Å². The molecule has 1 aromatic rings. The van der Waals surface area contributed by atoms with Gasteiger partial charge < -0.3 is 9.47 Å². The van der Waals surface area contributed by atoms with Crippen molar-refractivity contribution in [3.63, 3.8) is 0 Å². The molecule has 1 saturated heterocycles. The fourth-order valence-electron chi connectivity index (χ4n) is 2.51. The zero-order chi connectivity index (χ0) is 12.7. The van der Waals surface area contributed by atoms with Crippen molar-refractivity contribution in [2.24, 2.45) is 0 Å². The van der Waals surface area contributed by atoms with Crippen LogP contribution in [0.25, 0.3) is 0 Å². The molecule has 0 saturated carbocycles. The Morgan fingerprint density at radius 2 is 1.72 bits per heavy atom. The standard InChI is InChI=1S/C16H24O2/c1-2-3-4-8-12-16(17-13-9-14-18-16)15-10-6-5-7-11-15/h5-7,10-11H,2-4,8-9,12-14H2,1H3. The van der Waals surface area contributed by atoms with E-state index in [4.69, 9.17) is 9.47 Å². The van der Waals surface area contributed by atoms with Crippen molar-refractivity contribution in [2.45, 2.75) is 51.2 Å². The van der Waals surface area contributed by atoms with E-state index in [-0.39, 0.29) is 0 Å². The number of unbranched alkanes of at least 4 members (excludes halogenated alkanes) is 3. The van der Waals surface area contributed by atoms with Crippen LogP contribution in [0, 0.1) is 0 Å². The molecule has 1 aliphatic heterocycles. The third-order valence-corrected chi connectivity index (χ3v) is 3.53. The summed E-state index contributed by atoms with van der Waals surface area (Å²) in [6, 6.07) is 10.4. The average Bonchev–Trinajstić information content (AvgIpc) is 2.46. The summed E-state index contributed by atoms with van der Waals surface area (Å²) in [4.78, 5) is 0. The molecular formula is C16H24O2. The monoisotopic (exact) mass is 248 g/mol. The Morgan fingerprint density at radius 1 is 1.00 bits per heavy atom. The Labute approximate surface area is 110 Å². The maximum Gasteiger partial charge on any atom is 0.194 e. The summed E-state index contributed by atoms with van der Waals surface area (Å²) in [5.41, 5.74) is 1.17. The molecule has 0 amide bonds. The smallest absolute Gasteiger partial charge is 0.194 e. The van der Waals surface area contributed by atoms with E-state index in [1.807, 2.05) is 6.07 Å². The molecular weight excluding hydrogens is 224 g/mol. The Hall–Kier alpha value is -0.860. The van der Waals surface area contributed by atoms with Gasteiger partial charge in [0.15, 0.2) is 5.79 Å². The molecule has 0 atom stereocenters. The number of benzene rings is 1. The van der Waals surface area contributed by atoms with Gasteiger partial charge in [0.05, 0.1) is 13.2 Å². The van der Waals surface area contributed by atoms with Crippen molar-refractivity contribution in [3.8, 4) is 0 Å². The highest BCUT2D eigenvalue weighted by molar-refractivity contribution is 5.20. The molecule has 18 heavy (non-hydrogen) atoms. The molecule has 0 aromatic heterocycles. The third kappa shape index (κ3) is 3.33. The molecule has 2 rings (SSSR count). The van der Waals surface area contributed by atoms with E-state index < -0.39 is 5.79 Å². The van der Waals surface area contributed by atoms with E-state index in [0.717, 1.165) is 26.1 Å². The fourth-order valence-corrected chi connectivity index (χ4v) is 2.51. The summed E-state index contributed by atoms with van der Waals surface area (Å²) in [5, 5.41) is 0. The van der Waals surface area contributed by atoms with Gasteiger partial charge in [-0.1, -0.05) is 56.5 Å². The van der Waals surface area contributed by atoms with Crippen LogP contribution in [-0.2, 0) is 15.3 Å². The summed E-state index contributed by atoms with van der Waals surface area (Å²) in [7, 11) is 0. The third-order valence-electron chi connectivity index (χ3n) is 3.53. The Bertz CT molecular complexity index is 328.